The molecule has 0 bridgehead atoms. The van der Waals surface area contributed by atoms with Gasteiger partial charge in [0.2, 0.25) is 0 Å². The number of methoxy groups -OCH3 is 1. The van der Waals surface area contributed by atoms with E-state index >= 15 is 0 Å². The van der Waals surface area contributed by atoms with E-state index in [9.17, 15) is 4.79 Å². The number of fused-ring (bicyclic) bond motifs is 1. The summed E-state index contributed by atoms with van der Waals surface area (Å²) in [5, 5.41) is 14.0. The molecular weight excluding hydrogens is 492 g/mol. The monoisotopic (exact) mass is 524 g/mol. The van der Waals surface area contributed by atoms with Crippen molar-refractivity contribution in [3.05, 3.63) is 106 Å². The fraction of sp³-hybridized carbons (Fsp3) is 0.333. The Bertz CT molecular complexity index is 1570. The smallest absolute Gasteiger partial charge is 0.253 e. The van der Waals surface area contributed by atoms with E-state index < -0.39 is 6.04 Å². The number of hydrogen-bond donors (Lipinski definition) is 1. The average Bonchev–Trinajstić information content (AvgIpc) is 3.67. The molecule has 1 aliphatic rings. The van der Waals surface area contributed by atoms with Crippen LogP contribution in [0.1, 0.15) is 66.9 Å². The highest BCUT2D eigenvalue weighted by Gasteiger charge is 2.33. The van der Waals surface area contributed by atoms with Gasteiger partial charge in [-0.15, -0.1) is 5.10 Å². The van der Waals surface area contributed by atoms with Crippen molar-refractivity contribution >= 4 is 10.9 Å². The number of rotatable bonds is 9. The summed E-state index contributed by atoms with van der Waals surface area (Å²) >= 11 is 0. The Morgan fingerprint density at radius 2 is 1.90 bits per heavy atom. The van der Waals surface area contributed by atoms with E-state index in [4.69, 9.17) is 9.15 Å². The Hall–Kier alpha value is -4.24. The van der Waals surface area contributed by atoms with Gasteiger partial charge in [0.25, 0.3) is 5.56 Å². The van der Waals surface area contributed by atoms with Gasteiger partial charge in [-0.1, -0.05) is 49.6 Å². The van der Waals surface area contributed by atoms with Crippen molar-refractivity contribution in [3.63, 3.8) is 0 Å². The summed E-state index contributed by atoms with van der Waals surface area (Å²) < 4.78 is 13.2. The maximum Gasteiger partial charge on any atom is 0.253 e. The molecule has 1 aliphatic carbocycles. The molecule has 1 unspecified atom stereocenters. The molecule has 0 amide bonds. The van der Waals surface area contributed by atoms with Gasteiger partial charge in [0.1, 0.15) is 17.6 Å². The molecule has 0 radical (unpaired) electrons. The van der Waals surface area contributed by atoms with Gasteiger partial charge in [-0.25, -0.2) is 4.68 Å². The van der Waals surface area contributed by atoms with Crippen LogP contribution in [0.15, 0.2) is 82.2 Å². The molecule has 9 nitrogen and oxygen atoms in total. The number of aromatic nitrogens is 5. The number of tetrazole rings is 1. The van der Waals surface area contributed by atoms with Gasteiger partial charge < -0.3 is 14.1 Å². The third-order valence-electron chi connectivity index (χ3n) is 7.59. The summed E-state index contributed by atoms with van der Waals surface area (Å²) in [6.45, 7) is 1.04. The molecule has 1 saturated carbocycles. The van der Waals surface area contributed by atoms with Crippen molar-refractivity contribution in [2.75, 3.05) is 7.11 Å². The molecular formula is C30H32N6O3. The molecule has 5 aromatic rings. The fourth-order valence-electron chi connectivity index (χ4n) is 5.66. The number of nitrogens with zero attached hydrogens (tertiary/aromatic N) is 5. The second kappa shape index (κ2) is 11.2. The van der Waals surface area contributed by atoms with Crippen molar-refractivity contribution in [2.45, 2.75) is 57.3 Å². The second-order valence-corrected chi connectivity index (χ2v) is 10.2. The van der Waals surface area contributed by atoms with E-state index in [1.54, 1.807) is 13.4 Å². The topological polar surface area (TPSA) is 102 Å². The number of pyridine rings is 1. The van der Waals surface area contributed by atoms with Crippen LogP contribution >= 0.6 is 0 Å². The summed E-state index contributed by atoms with van der Waals surface area (Å²) in [6, 6.07) is 21.3. The molecule has 9 heteroatoms. The number of aromatic amines is 1. The largest absolute Gasteiger partial charge is 0.497 e. The van der Waals surface area contributed by atoms with Gasteiger partial charge in [-0.2, -0.15) is 0 Å². The fourth-order valence-corrected chi connectivity index (χ4v) is 5.66. The predicted molar refractivity (Wildman–Crippen MR) is 147 cm³/mol. The van der Waals surface area contributed by atoms with Gasteiger partial charge in [0.15, 0.2) is 5.82 Å². The van der Waals surface area contributed by atoms with Crippen molar-refractivity contribution in [3.8, 4) is 5.75 Å². The number of H-pyrrole nitrogens is 1. The summed E-state index contributed by atoms with van der Waals surface area (Å²) in [5.74, 6) is 2.18. The van der Waals surface area contributed by atoms with Crippen LogP contribution < -0.4 is 10.3 Å². The van der Waals surface area contributed by atoms with Crippen LogP contribution in [0.5, 0.6) is 5.75 Å². The minimum absolute atomic E-state index is 0.173. The molecule has 6 rings (SSSR count). The maximum atomic E-state index is 13.8. The highest BCUT2D eigenvalue weighted by Crippen LogP contribution is 2.35. The van der Waals surface area contributed by atoms with Gasteiger partial charge in [-0.05, 0) is 65.2 Å². The Balaban J connectivity index is 1.53. The average molecular weight is 525 g/mol. The second-order valence-electron chi connectivity index (χ2n) is 10.2. The number of ether oxygens (including phenoxy) is 1. The number of furan rings is 1. The van der Waals surface area contributed by atoms with Crippen molar-refractivity contribution < 1.29 is 9.15 Å². The Morgan fingerprint density at radius 1 is 1.05 bits per heavy atom. The lowest BCUT2D eigenvalue weighted by Crippen LogP contribution is -2.35. The van der Waals surface area contributed by atoms with E-state index in [0.717, 1.165) is 53.7 Å². The van der Waals surface area contributed by atoms with E-state index in [2.05, 4.69) is 37.5 Å². The third kappa shape index (κ3) is 5.35. The van der Waals surface area contributed by atoms with Crippen LogP contribution in [-0.4, -0.2) is 37.2 Å². The standard InChI is InChI=1S/C30H32N6O3/c1-38-24-14-15-27-22(17-24)18-26(30(37)31-27)28(29-32-33-34-36(29)23-11-6-3-7-12-23)35(20-25-13-8-16-39-25)19-21-9-4-2-5-10-21/h2,4-5,8-10,13-18,23,28H,3,6-7,11-12,19-20H2,1H3,(H,31,37). The molecule has 1 N–H and O–H groups in total. The first-order valence-corrected chi connectivity index (χ1v) is 13.5. The predicted octanol–water partition coefficient (Wildman–Crippen LogP) is 5.41. The SMILES string of the molecule is COc1ccc2[nH]c(=O)c(C(c3nnnn3C3CCCCC3)N(Cc3ccccc3)Cc3ccco3)cc2c1. The van der Waals surface area contributed by atoms with E-state index in [-0.39, 0.29) is 11.6 Å². The van der Waals surface area contributed by atoms with Crippen LogP contribution in [0.4, 0.5) is 0 Å². The summed E-state index contributed by atoms with van der Waals surface area (Å²) in [4.78, 5) is 19.1. The summed E-state index contributed by atoms with van der Waals surface area (Å²) in [5.41, 5.74) is 2.26. The highest BCUT2D eigenvalue weighted by atomic mass is 16.5. The minimum Gasteiger partial charge on any atom is -0.497 e. The van der Waals surface area contributed by atoms with Crippen LogP contribution in [-0.2, 0) is 13.1 Å². The zero-order chi connectivity index (χ0) is 26.6. The first-order valence-electron chi connectivity index (χ1n) is 13.5. The molecule has 200 valence electrons. The van der Waals surface area contributed by atoms with Crippen LogP contribution in [0, 0.1) is 0 Å². The normalized spacial score (nSPS) is 15.1. The Morgan fingerprint density at radius 3 is 2.67 bits per heavy atom. The summed E-state index contributed by atoms with van der Waals surface area (Å²) in [6.07, 6.45) is 7.23. The molecule has 39 heavy (non-hydrogen) atoms. The lowest BCUT2D eigenvalue weighted by atomic mass is 9.95. The molecule has 3 aromatic heterocycles. The Labute approximate surface area is 226 Å². The van der Waals surface area contributed by atoms with Crippen LogP contribution in [0.2, 0.25) is 0 Å². The van der Waals surface area contributed by atoms with E-state index in [1.165, 1.54) is 6.42 Å². The quantitative estimate of drug-likeness (QED) is 0.275. The van der Waals surface area contributed by atoms with E-state index in [1.807, 2.05) is 59.3 Å². The first kappa shape index (κ1) is 25.1. The molecule has 0 spiro atoms. The van der Waals surface area contributed by atoms with Gasteiger partial charge in [0.05, 0.1) is 26.0 Å². The molecule has 0 saturated heterocycles. The first-order chi connectivity index (χ1) is 19.2. The van der Waals surface area contributed by atoms with Gasteiger partial charge >= 0.3 is 0 Å². The van der Waals surface area contributed by atoms with Gasteiger partial charge in [0, 0.05) is 23.0 Å². The summed E-state index contributed by atoms with van der Waals surface area (Å²) in [7, 11) is 1.64. The van der Waals surface area contributed by atoms with Crippen molar-refractivity contribution in [2.24, 2.45) is 0 Å². The Kier molecular flexibility index (Phi) is 7.23. The third-order valence-corrected chi connectivity index (χ3v) is 7.59. The lowest BCUT2D eigenvalue weighted by molar-refractivity contribution is 0.173. The van der Waals surface area contributed by atoms with E-state index in [0.29, 0.717) is 24.5 Å². The zero-order valence-electron chi connectivity index (χ0n) is 22.0. The van der Waals surface area contributed by atoms with Crippen LogP contribution in [0.3, 0.4) is 0 Å². The van der Waals surface area contributed by atoms with Crippen molar-refractivity contribution in [1.82, 2.24) is 30.1 Å². The number of nitrogens with one attached hydrogen (secondary N) is 1. The number of benzene rings is 2. The van der Waals surface area contributed by atoms with Crippen LogP contribution in [0.25, 0.3) is 10.9 Å². The maximum absolute atomic E-state index is 13.8. The highest BCUT2D eigenvalue weighted by molar-refractivity contribution is 5.80. The molecule has 2 aromatic carbocycles. The zero-order valence-corrected chi connectivity index (χ0v) is 22.0. The number of hydrogen-bond acceptors (Lipinski definition) is 7. The lowest BCUT2D eigenvalue weighted by Gasteiger charge is -2.32. The molecule has 1 fully saturated rings. The van der Waals surface area contributed by atoms with Crippen molar-refractivity contribution in [1.29, 1.82) is 0 Å². The van der Waals surface area contributed by atoms with Gasteiger partial charge in [-0.3, -0.25) is 9.69 Å². The molecule has 0 aliphatic heterocycles. The molecule has 3 heterocycles. The minimum atomic E-state index is -0.522. The molecule has 1 atom stereocenters.